The standard InChI is InChI=1S/C32H34FN5O4S/c1-19-18-43-31(36-19)27-8-5-10-38(27)32(41)23-14-21(13-22(15-23)30-34-9-11-42-30)29(40)37-26(12-20-6-3-2-4-7-20)28(39)25-16-24(33)17-35-25/h2-4,6-7,9,11,13-15,18,24-28,35,39H,5,8,10,12,16-17H2,1H3,(H,37,40)/t24-,25+,26-,27?,28+/m0/s1. The summed E-state index contributed by atoms with van der Waals surface area (Å²) in [6.45, 7) is 2.68. The number of carbonyl (C=O) groups is 2. The Morgan fingerprint density at radius 3 is 2.74 bits per heavy atom. The van der Waals surface area contributed by atoms with Crippen LogP contribution in [0.1, 0.15) is 62.3 Å². The topological polar surface area (TPSA) is 121 Å². The second-order valence-corrected chi connectivity index (χ2v) is 12.1. The maximum atomic E-state index is 14.0. The van der Waals surface area contributed by atoms with Crippen LogP contribution in [0.25, 0.3) is 11.5 Å². The number of aromatic nitrogens is 2. The Bertz CT molecular complexity index is 1560. The predicted octanol–water partition coefficient (Wildman–Crippen LogP) is 4.49. The van der Waals surface area contributed by atoms with E-state index in [2.05, 4.69) is 20.6 Å². The van der Waals surface area contributed by atoms with Gasteiger partial charge in [-0.25, -0.2) is 14.4 Å². The molecule has 2 aliphatic rings. The lowest BCUT2D eigenvalue weighted by atomic mass is 9.94. The van der Waals surface area contributed by atoms with Crippen LogP contribution in [0.15, 0.2) is 70.8 Å². The molecular formula is C32H34FN5O4S. The minimum atomic E-state index is -1.05. The van der Waals surface area contributed by atoms with Gasteiger partial charge in [-0.15, -0.1) is 11.3 Å². The van der Waals surface area contributed by atoms with Gasteiger partial charge in [0.1, 0.15) is 17.4 Å². The molecule has 6 rings (SSSR count). The van der Waals surface area contributed by atoms with Gasteiger partial charge in [-0.2, -0.15) is 0 Å². The van der Waals surface area contributed by atoms with E-state index in [0.29, 0.717) is 24.1 Å². The molecule has 0 radical (unpaired) electrons. The van der Waals surface area contributed by atoms with E-state index in [1.165, 1.54) is 12.5 Å². The molecule has 43 heavy (non-hydrogen) atoms. The largest absolute Gasteiger partial charge is 0.445 e. The second-order valence-electron chi connectivity index (χ2n) is 11.2. The minimum Gasteiger partial charge on any atom is -0.445 e. The zero-order chi connectivity index (χ0) is 29.9. The molecular weight excluding hydrogens is 569 g/mol. The molecule has 0 bridgehead atoms. The van der Waals surface area contributed by atoms with Crippen LogP contribution < -0.4 is 10.6 Å². The van der Waals surface area contributed by atoms with Gasteiger partial charge in [-0.05, 0) is 56.4 Å². The Balaban J connectivity index is 1.30. The number of halogens is 1. The molecule has 2 aromatic carbocycles. The second kappa shape index (κ2) is 12.7. The lowest BCUT2D eigenvalue weighted by molar-refractivity contribution is 0.0728. The van der Waals surface area contributed by atoms with Crippen LogP contribution in [0.4, 0.5) is 4.39 Å². The Morgan fingerprint density at radius 2 is 2.05 bits per heavy atom. The fraction of sp³-hybridized carbons (Fsp3) is 0.375. The van der Waals surface area contributed by atoms with Gasteiger partial charge in [0.15, 0.2) is 0 Å². The van der Waals surface area contributed by atoms with Gasteiger partial charge in [-0.3, -0.25) is 9.59 Å². The van der Waals surface area contributed by atoms with E-state index in [1.54, 1.807) is 29.5 Å². The average molecular weight is 604 g/mol. The number of benzene rings is 2. The molecule has 0 aliphatic carbocycles. The van der Waals surface area contributed by atoms with Crippen molar-refractivity contribution in [3.63, 3.8) is 0 Å². The molecule has 4 aromatic rings. The van der Waals surface area contributed by atoms with Crippen LogP contribution in [-0.4, -0.2) is 69.2 Å². The van der Waals surface area contributed by atoms with Gasteiger partial charge in [0, 0.05) is 46.9 Å². The summed E-state index contributed by atoms with van der Waals surface area (Å²) in [7, 11) is 0. The molecule has 2 aliphatic heterocycles. The van der Waals surface area contributed by atoms with E-state index in [0.717, 1.165) is 29.1 Å². The quantitative estimate of drug-likeness (QED) is 0.258. The van der Waals surface area contributed by atoms with E-state index < -0.39 is 30.3 Å². The number of likely N-dealkylation sites (tertiary alicyclic amines) is 1. The van der Waals surface area contributed by atoms with Crippen molar-refractivity contribution in [1.82, 2.24) is 25.5 Å². The fourth-order valence-electron chi connectivity index (χ4n) is 5.97. The third kappa shape index (κ3) is 6.53. The summed E-state index contributed by atoms with van der Waals surface area (Å²) in [5.41, 5.74) is 2.89. The third-order valence-electron chi connectivity index (χ3n) is 8.11. The molecule has 2 fully saturated rings. The number of carbonyl (C=O) groups excluding carboxylic acids is 2. The average Bonchev–Trinajstić information content (AvgIpc) is 3.84. The molecule has 4 heterocycles. The number of alkyl halides is 1. The molecule has 224 valence electrons. The highest BCUT2D eigenvalue weighted by Crippen LogP contribution is 2.35. The number of amides is 2. The summed E-state index contributed by atoms with van der Waals surface area (Å²) < 4.78 is 19.5. The number of hydrogen-bond donors (Lipinski definition) is 3. The molecule has 9 nitrogen and oxygen atoms in total. The molecule has 2 saturated heterocycles. The van der Waals surface area contributed by atoms with Gasteiger partial charge < -0.3 is 25.1 Å². The fourth-order valence-corrected chi connectivity index (χ4v) is 6.91. The number of oxazole rings is 1. The number of thiazole rings is 1. The van der Waals surface area contributed by atoms with Crippen molar-refractivity contribution in [2.75, 3.05) is 13.1 Å². The van der Waals surface area contributed by atoms with E-state index in [-0.39, 0.29) is 36.4 Å². The summed E-state index contributed by atoms with van der Waals surface area (Å²) in [6, 6.07) is 13.1. The van der Waals surface area contributed by atoms with Crippen molar-refractivity contribution in [3.8, 4) is 11.5 Å². The van der Waals surface area contributed by atoms with Crippen molar-refractivity contribution >= 4 is 23.2 Å². The molecule has 11 heteroatoms. The first-order chi connectivity index (χ1) is 20.9. The Morgan fingerprint density at radius 1 is 1.23 bits per heavy atom. The molecule has 5 atom stereocenters. The van der Waals surface area contributed by atoms with E-state index >= 15 is 0 Å². The summed E-state index contributed by atoms with van der Waals surface area (Å²) >= 11 is 1.55. The Labute approximate surface area is 253 Å². The first kappa shape index (κ1) is 29.2. The highest BCUT2D eigenvalue weighted by atomic mass is 32.1. The summed E-state index contributed by atoms with van der Waals surface area (Å²) in [6.07, 6.45) is 3.03. The number of hydrogen-bond acceptors (Lipinski definition) is 8. The van der Waals surface area contributed by atoms with Crippen LogP contribution in [0.5, 0.6) is 0 Å². The highest BCUT2D eigenvalue weighted by molar-refractivity contribution is 7.09. The Kier molecular flexibility index (Phi) is 8.64. The van der Waals surface area contributed by atoms with Crippen LogP contribution in [0, 0.1) is 6.92 Å². The maximum absolute atomic E-state index is 14.0. The van der Waals surface area contributed by atoms with E-state index in [9.17, 15) is 19.1 Å². The lowest BCUT2D eigenvalue weighted by Gasteiger charge is -2.29. The summed E-state index contributed by atoms with van der Waals surface area (Å²) in [4.78, 5) is 38.5. The van der Waals surface area contributed by atoms with Crippen molar-refractivity contribution < 1.29 is 23.5 Å². The maximum Gasteiger partial charge on any atom is 0.254 e. The molecule has 2 aromatic heterocycles. The van der Waals surface area contributed by atoms with E-state index in [4.69, 9.17) is 4.42 Å². The monoisotopic (exact) mass is 603 g/mol. The van der Waals surface area contributed by atoms with E-state index in [1.807, 2.05) is 47.5 Å². The zero-order valence-corrected chi connectivity index (χ0v) is 24.6. The van der Waals surface area contributed by atoms with Gasteiger partial charge in [0.2, 0.25) is 5.89 Å². The van der Waals surface area contributed by atoms with Crippen LogP contribution in [0.3, 0.4) is 0 Å². The van der Waals surface area contributed by atoms with Gasteiger partial charge in [-0.1, -0.05) is 30.3 Å². The molecule has 1 unspecified atom stereocenters. The number of aryl methyl sites for hydroxylation is 1. The van der Waals surface area contributed by atoms with Crippen molar-refractivity contribution in [3.05, 3.63) is 93.8 Å². The Hall–Kier alpha value is -3.93. The number of rotatable bonds is 9. The zero-order valence-electron chi connectivity index (χ0n) is 23.8. The van der Waals surface area contributed by atoms with Crippen LogP contribution in [-0.2, 0) is 6.42 Å². The number of nitrogens with zero attached hydrogens (tertiary/aromatic N) is 3. The molecule has 3 N–H and O–H groups in total. The van der Waals surface area contributed by atoms with Crippen molar-refractivity contribution in [2.45, 2.75) is 63.0 Å². The van der Waals surface area contributed by atoms with Gasteiger partial charge in [0.05, 0.1) is 24.4 Å². The third-order valence-corrected chi connectivity index (χ3v) is 9.17. The smallest absolute Gasteiger partial charge is 0.254 e. The summed E-state index contributed by atoms with van der Waals surface area (Å²) in [5, 5.41) is 20.2. The number of aliphatic hydroxyl groups excluding tert-OH is 1. The first-order valence-electron chi connectivity index (χ1n) is 14.5. The van der Waals surface area contributed by atoms with Crippen molar-refractivity contribution in [2.24, 2.45) is 0 Å². The van der Waals surface area contributed by atoms with Crippen molar-refractivity contribution in [1.29, 1.82) is 0 Å². The minimum absolute atomic E-state index is 0.127. The SMILES string of the molecule is Cc1csc(C2CCCN2C(=O)c2cc(C(=O)N[C@@H](Cc3ccccc3)[C@H](O)[C@H]3C[C@H](F)CN3)cc(-c3ncco3)c2)n1. The molecule has 0 saturated carbocycles. The summed E-state index contributed by atoms with van der Waals surface area (Å²) in [5.74, 6) is -0.393. The lowest BCUT2D eigenvalue weighted by Crippen LogP contribution is -2.52. The van der Waals surface area contributed by atoms with Gasteiger partial charge in [0.25, 0.3) is 11.8 Å². The first-order valence-corrected chi connectivity index (χ1v) is 15.4. The molecule has 2 amide bonds. The number of aliphatic hydroxyl groups is 1. The van der Waals surface area contributed by atoms with Crippen LogP contribution >= 0.6 is 11.3 Å². The normalized spacial score (nSPS) is 21.6. The highest BCUT2D eigenvalue weighted by Gasteiger charge is 2.36. The number of nitrogens with one attached hydrogen (secondary N) is 2. The van der Waals surface area contributed by atoms with Gasteiger partial charge >= 0.3 is 0 Å². The van der Waals surface area contributed by atoms with Crippen LogP contribution in [0.2, 0.25) is 0 Å². The predicted molar refractivity (Wildman–Crippen MR) is 161 cm³/mol. The molecule has 0 spiro atoms.